The molecular weight excluding hydrogens is 200 g/mol. The molecule has 0 radical (unpaired) electrons. The molecule has 0 aliphatic carbocycles. The Bertz CT molecular complexity index is 79.8. The Balaban J connectivity index is 1.91. The van der Waals surface area contributed by atoms with Gasteiger partial charge in [-0.15, -0.1) is 0 Å². The Morgan fingerprint density at radius 1 is 1.30 bits per heavy atom. The first-order chi connectivity index (χ1) is 4.93. The Hall–Kier alpha value is 1.40. The monoisotopic (exact) mass is 212 g/mol. The summed E-state index contributed by atoms with van der Waals surface area (Å²) < 4.78 is 0. The lowest BCUT2D eigenvalue weighted by Crippen LogP contribution is -2.02. The molecule has 1 aliphatic heterocycles. The van der Waals surface area contributed by atoms with Crippen molar-refractivity contribution in [3.05, 3.63) is 0 Å². The highest BCUT2D eigenvalue weighted by Gasteiger charge is 2.15. The van der Waals surface area contributed by atoms with E-state index in [-0.39, 0.29) is 0 Å². The van der Waals surface area contributed by atoms with Crippen LogP contribution in [0.2, 0.25) is 0 Å². The summed E-state index contributed by atoms with van der Waals surface area (Å²) in [5.41, 5.74) is 0. The number of hydrogen-bond acceptors (Lipinski definition) is 4. The van der Waals surface area contributed by atoms with Gasteiger partial charge >= 0.3 is 0 Å². The van der Waals surface area contributed by atoms with Crippen LogP contribution in [-0.4, -0.2) is 23.0 Å². The summed E-state index contributed by atoms with van der Waals surface area (Å²) in [6, 6.07) is 0. The molecule has 0 bridgehead atoms. The van der Waals surface area contributed by atoms with Crippen LogP contribution >= 0.6 is 43.2 Å². The van der Waals surface area contributed by atoms with Gasteiger partial charge in [-0.25, -0.2) is 0 Å². The Morgan fingerprint density at radius 2 is 2.00 bits per heavy atom. The van der Waals surface area contributed by atoms with Gasteiger partial charge in [0.25, 0.3) is 0 Å². The summed E-state index contributed by atoms with van der Waals surface area (Å²) in [5.74, 6) is 6.35. The van der Waals surface area contributed by atoms with Crippen LogP contribution in [0.1, 0.15) is 6.92 Å². The maximum absolute atomic E-state index is 2.22. The zero-order valence-electron chi connectivity index (χ0n) is 6.04. The van der Waals surface area contributed by atoms with Crippen molar-refractivity contribution in [2.24, 2.45) is 5.92 Å². The molecule has 0 aromatic rings. The molecule has 1 heterocycles. The first-order valence-corrected chi connectivity index (χ1v) is 8.40. The van der Waals surface area contributed by atoms with Crippen molar-refractivity contribution >= 4 is 43.2 Å². The third-order valence-electron chi connectivity index (χ3n) is 1.20. The minimum atomic E-state index is 0.985. The van der Waals surface area contributed by atoms with Crippen LogP contribution in [0, 0.1) is 5.92 Å². The van der Waals surface area contributed by atoms with E-state index >= 15 is 0 Å². The molecule has 0 N–H and O–H groups in total. The summed E-state index contributed by atoms with van der Waals surface area (Å²) in [6.45, 7) is 2.22. The normalized spacial score (nSPS) is 20.1. The highest BCUT2D eigenvalue weighted by Crippen LogP contribution is 2.37. The lowest BCUT2D eigenvalue weighted by Gasteiger charge is -2.03. The van der Waals surface area contributed by atoms with Gasteiger partial charge in [0.15, 0.2) is 0 Å². The standard InChI is InChI=1S/C6H12S4/c1-2-7-8-3-6-4-9-10-5-6/h6H,2-5H2,1H3. The highest BCUT2D eigenvalue weighted by atomic mass is 33.1. The first kappa shape index (κ1) is 9.49. The number of hydrogen-bond donors (Lipinski definition) is 0. The van der Waals surface area contributed by atoms with Crippen LogP contribution in [0.3, 0.4) is 0 Å². The summed E-state index contributed by atoms with van der Waals surface area (Å²) in [4.78, 5) is 0. The lowest BCUT2D eigenvalue weighted by atomic mass is 10.3. The summed E-state index contributed by atoms with van der Waals surface area (Å²) in [6.07, 6.45) is 0. The van der Waals surface area contributed by atoms with Crippen LogP contribution < -0.4 is 0 Å². The average molecular weight is 212 g/mol. The van der Waals surface area contributed by atoms with Crippen molar-refractivity contribution in [1.82, 2.24) is 0 Å². The second kappa shape index (κ2) is 5.98. The van der Waals surface area contributed by atoms with Crippen LogP contribution in [0.25, 0.3) is 0 Å². The molecule has 1 aliphatic rings. The fourth-order valence-corrected chi connectivity index (χ4v) is 5.95. The molecule has 1 rings (SSSR count). The number of rotatable bonds is 4. The lowest BCUT2D eigenvalue weighted by molar-refractivity contribution is 0.792. The molecule has 0 nitrogen and oxygen atoms in total. The van der Waals surface area contributed by atoms with Crippen molar-refractivity contribution in [3.8, 4) is 0 Å². The van der Waals surface area contributed by atoms with Crippen LogP contribution in [0.15, 0.2) is 0 Å². The van der Waals surface area contributed by atoms with E-state index in [9.17, 15) is 0 Å². The summed E-state index contributed by atoms with van der Waals surface area (Å²) >= 11 is 0. The Morgan fingerprint density at radius 3 is 2.60 bits per heavy atom. The van der Waals surface area contributed by atoms with E-state index in [0.29, 0.717) is 0 Å². The second-order valence-corrected chi connectivity index (χ2v) is 7.47. The zero-order chi connectivity index (χ0) is 7.23. The van der Waals surface area contributed by atoms with E-state index in [2.05, 4.69) is 6.92 Å². The van der Waals surface area contributed by atoms with E-state index in [1.165, 1.54) is 23.0 Å². The highest BCUT2D eigenvalue weighted by molar-refractivity contribution is 8.77. The molecule has 0 spiro atoms. The van der Waals surface area contributed by atoms with E-state index < -0.39 is 0 Å². The molecular formula is C6H12S4. The van der Waals surface area contributed by atoms with Crippen molar-refractivity contribution in [2.45, 2.75) is 6.92 Å². The second-order valence-electron chi connectivity index (χ2n) is 2.13. The van der Waals surface area contributed by atoms with E-state index in [1.54, 1.807) is 0 Å². The SMILES string of the molecule is CCSSCC1CSSC1. The summed E-state index contributed by atoms with van der Waals surface area (Å²) in [5, 5.41) is 0. The van der Waals surface area contributed by atoms with Crippen molar-refractivity contribution in [1.29, 1.82) is 0 Å². The van der Waals surface area contributed by atoms with Crippen molar-refractivity contribution < 1.29 is 0 Å². The van der Waals surface area contributed by atoms with Gasteiger partial charge in [-0.3, -0.25) is 0 Å². The first-order valence-electron chi connectivity index (χ1n) is 3.42. The maximum atomic E-state index is 2.22. The smallest absolute Gasteiger partial charge is 0.00817 e. The van der Waals surface area contributed by atoms with E-state index in [4.69, 9.17) is 0 Å². The molecule has 10 heavy (non-hydrogen) atoms. The Labute approximate surface area is 78.9 Å². The van der Waals surface area contributed by atoms with Gasteiger partial charge in [0.2, 0.25) is 0 Å². The fraction of sp³-hybridized carbons (Fsp3) is 1.00. The third kappa shape index (κ3) is 3.69. The van der Waals surface area contributed by atoms with Crippen LogP contribution in [0.4, 0.5) is 0 Å². The van der Waals surface area contributed by atoms with Crippen molar-refractivity contribution in [2.75, 3.05) is 23.0 Å². The van der Waals surface area contributed by atoms with Gasteiger partial charge in [0, 0.05) is 23.0 Å². The molecule has 0 aromatic carbocycles. The molecule has 1 saturated heterocycles. The van der Waals surface area contributed by atoms with Gasteiger partial charge in [0.1, 0.15) is 0 Å². The molecule has 1 fully saturated rings. The van der Waals surface area contributed by atoms with Crippen molar-refractivity contribution in [3.63, 3.8) is 0 Å². The molecule has 0 atom stereocenters. The van der Waals surface area contributed by atoms with Gasteiger partial charge in [-0.05, 0) is 5.92 Å². The fourth-order valence-electron chi connectivity index (χ4n) is 0.661. The molecule has 0 aromatic heterocycles. The van der Waals surface area contributed by atoms with Gasteiger partial charge < -0.3 is 0 Å². The predicted molar refractivity (Wildman–Crippen MR) is 59.0 cm³/mol. The van der Waals surface area contributed by atoms with Gasteiger partial charge in [-0.1, -0.05) is 50.1 Å². The largest absolute Gasteiger partial charge is 0.0944 e. The maximum Gasteiger partial charge on any atom is 0.00817 e. The van der Waals surface area contributed by atoms with Crippen LogP contribution in [-0.2, 0) is 0 Å². The zero-order valence-corrected chi connectivity index (χ0v) is 9.30. The van der Waals surface area contributed by atoms with E-state index in [0.717, 1.165) is 5.92 Å². The van der Waals surface area contributed by atoms with Gasteiger partial charge in [-0.2, -0.15) is 0 Å². The molecule has 0 amide bonds. The van der Waals surface area contributed by atoms with E-state index in [1.807, 2.05) is 43.2 Å². The topological polar surface area (TPSA) is 0 Å². The quantitative estimate of drug-likeness (QED) is 0.517. The Kier molecular flexibility index (Phi) is 5.67. The summed E-state index contributed by atoms with van der Waals surface area (Å²) in [7, 11) is 8.10. The minimum Gasteiger partial charge on any atom is -0.0944 e. The third-order valence-corrected chi connectivity index (χ3v) is 6.52. The molecule has 4 heteroatoms. The average Bonchev–Trinajstić information content (AvgIpc) is 2.41. The molecule has 60 valence electrons. The van der Waals surface area contributed by atoms with Crippen LogP contribution in [0.5, 0.6) is 0 Å². The minimum absolute atomic E-state index is 0.985. The van der Waals surface area contributed by atoms with Gasteiger partial charge in [0.05, 0.1) is 0 Å². The molecule has 0 saturated carbocycles. The molecule has 0 unspecified atom stereocenters. The predicted octanol–water partition coefficient (Wildman–Crippen LogP) is 3.40.